The standard InChI is InChI=1S/C19H26N2O4S/c1-19(2,3)15-7-9-16(10-8-15)20-18(22)11-12-21(26(4,23)24)14-17-6-5-13-25-17/h5-10,13H,11-12,14H2,1-4H3,(H,20,22). The van der Waals surface area contributed by atoms with E-state index in [9.17, 15) is 13.2 Å². The van der Waals surface area contributed by atoms with Crippen LogP contribution in [0.1, 0.15) is 38.5 Å². The number of rotatable bonds is 7. The second kappa shape index (κ2) is 8.05. The molecule has 0 bridgehead atoms. The van der Waals surface area contributed by atoms with E-state index in [4.69, 9.17) is 4.42 Å². The molecule has 142 valence electrons. The van der Waals surface area contributed by atoms with Gasteiger partial charge in [0, 0.05) is 18.7 Å². The summed E-state index contributed by atoms with van der Waals surface area (Å²) in [4.78, 5) is 12.2. The van der Waals surface area contributed by atoms with Gasteiger partial charge in [0.1, 0.15) is 5.76 Å². The lowest BCUT2D eigenvalue weighted by Crippen LogP contribution is -2.32. The average Bonchev–Trinajstić information content (AvgIpc) is 3.03. The van der Waals surface area contributed by atoms with Gasteiger partial charge in [-0.1, -0.05) is 32.9 Å². The van der Waals surface area contributed by atoms with Crippen molar-refractivity contribution in [3.05, 3.63) is 54.0 Å². The second-order valence-electron chi connectivity index (χ2n) is 7.30. The topological polar surface area (TPSA) is 79.6 Å². The second-order valence-corrected chi connectivity index (χ2v) is 9.28. The minimum Gasteiger partial charge on any atom is -0.468 e. The Morgan fingerprint density at radius 3 is 2.31 bits per heavy atom. The molecular formula is C19H26N2O4S. The third kappa shape index (κ3) is 6.00. The smallest absolute Gasteiger partial charge is 0.225 e. The molecule has 0 aliphatic heterocycles. The molecule has 2 rings (SSSR count). The Kier molecular flexibility index (Phi) is 6.26. The van der Waals surface area contributed by atoms with Crippen LogP contribution in [0, 0.1) is 0 Å². The monoisotopic (exact) mass is 378 g/mol. The first-order valence-electron chi connectivity index (χ1n) is 8.43. The quantitative estimate of drug-likeness (QED) is 0.801. The molecule has 0 aliphatic carbocycles. The summed E-state index contributed by atoms with van der Waals surface area (Å²) >= 11 is 0. The van der Waals surface area contributed by atoms with E-state index >= 15 is 0 Å². The van der Waals surface area contributed by atoms with Gasteiger partial charge in [-0.25, -0.2) is 8.42 Å². The fraction of sp³-hybridized carbons (Fsp3) is 0.421. The van der Waals surface area contributed by atoms with Gasteiger partial charge >= 0.3 is 0 Å². The zero-order chi connectivity index (χ0) is 19.4. The van der Waals surface area contributed by atoms with Crippen molar-refractivity contribution in [2.45, 2.75) is 39.2 Å². The molecule has 6 nitrogen and oxygen atoms in total. The van der Waals surface area contributed by atoms with Gasteiger partial charge in [-0.2, -0.15) is 4.31 Å². The van der Waals surface area contributed by atoms with Gasteiger partial charge in [-0.05, 0) is 35.2 Å². The van der Waals surface area contributed by atoms with E-state index in [1.807, 2.05) is 24.3 Å². The fourth-order valence-electron chi connectivity index (χ4n) is 2.44. The Bertz CT molecular complexity index is 819. The van der Waals surface area contributed by atoms with Crippen molar-refractivity contribution in [3.63, 3.8) is 0 Å². The van der Waals surface area contributed by atoms with Crippen LogP contribution in [0.5, 0.6) is 0 Å². The van der Waals surface area contributed by atoms with Crippen molar-refractivity contribution in [1.82, 2.24) is 4.31 Å². The summed E-state index contributed by atoms with van der Waals surface area (Å²) in [5.41, 5.74) is 1.92. The van der Waals surface area contributed by atoms with Crippen LogP contribution in [0.4, 0.5) is 5.69 Å². The number of benzene rings is 1. The third-order valence-corrected chi connectivity index (χ3v) is 5.25. The summed E-state index contributed by atoms with van der Waals surface area (Å²) in [5, 5.41) is 2.80. The third-order valence-electron chi connectivity index (χ3n) is 4.00. The van der Waals surface area contributed by atoms with Gasteiger partial charge < -0.3 is 9.73 Å². The van der Waals surface area contributed by atoms with Crippen molar-refractivity contribution in [2.75, 3.05) is 18.1 Å². The molecule has 0 spiro atoms. The van der Waals surface area contributed by atoms with E-state index in [-0.39, 0.29) is 30.8 Å². The first-order valence-corrected chi connectivity index (χ1v) is 10.3. The minimum absolute atomic E-state index is 0.0460. The molecule has 1 aromatic carbocycles. The maximum atomic E-state index is 12.2. The number of carbonyl (C=O) groups is 1. The Morgan fingerprint density at radius 1 is 1.15 bits per heavy atom. The number of furan rings is 1. The first-order chi connectivity index (χ1) is 12.1. The largest absolute Gasteiger partial charge is 0.468 e. The van der Waals surface area contributed by atoms with Gasteiger partial charge in [0.25, 0.3) is 0 Å². The maximum Gasteiger partial charge on any atom is 0.225 e. The fourth-order valence-corrected chi connectivity index (χ4v) is 3.23. The Labute approximate surface area is 155 Å². The van der Waals surface area contributed by atoms with Crippen LogP contribution in [0.15, 0.2) is 47.1 Å². The molecule has 7 heteroatoms. The van der Waals surface area contributed by atoms with Gasteiger partial charge in [0.15, 0.2) is 0 Å². The molecule has 1 heterocycles. The number of hydrogen-bond donors (Lipinski definition) is 1. The van der Waals surface area contributed by atoms with Crippen LogP contribution in [-0.4, -0.2) is 31.4 Å². The van der Waals surface area contributed by atoms with Crippen molar-refractivity contribution >= 4 is 21.6 Å². The van der Waals surface area contributed by atoms with Crippen molar-refractivity contribution < 1.29 is 17.6 Å². The number of nitrogens with one attached hydrogen (secondary N) is 1. The number of amides is 1. The van der Waals surface area contributed by atoms with E-state index in [1.54, 1.807) is 12.1 Å². The Hall–Kier alpha value is -2.12. The number of hydrogen-bond acceptors (Lipinski definition) is 4. The highest BCUT2D eigenvalue weighted by Crippen LogP contribution is 2.23. The number of sulfonamides is 1. The van der Waals surface area contributed by atoms with E-state index in [0.29, 0.717) is 11.4 Å². The summed E-state index contributed by atoms with van der Waals surface area (Å²) in [6, 6.07) is 11.1. The van der Waals surface area contributed by atoms with Crippen molar-refractivity contribution in [2.24, 2.45) is 0 Å². The summed E-state index contributed by atoms with van der Waals surface area (Å²) in [6.45, 7) is 6.57. The lowest BCUT2D eigenvalue weighted by Gasteiger charge is -2.20. The SMILES string of the molecule is CC(C)(C)c1ccc(NC(=O)CCN(Cc2ccco2)S(C)(=O)=O)cc1. The lowest BCUT2D eigenvalue weighted by atomic mass is 9.87. The normalized spacial score (nSPS) is 12.3. The van der Waals surface area contributed by atoms with Gasteiger partial charge in [-0.15, -0.1) is 0 Å². The summed E-state index contributed by atoms with van der Waals surface area (Å²) in [5.74, 6) is 0.301. The highest BCUT2D eigenvalue weighted by molar-refractivity contribution is 7.88. The molecule has 1 aromatic heterocycles. The Morgan fingerprint density at radius 2 is 1.81 bits per heavy atom. The van der Waals surface area contributed by atoms with Crippen LogP contribution >= 0.6 is 0 Å². The Balaban J connectivity index is 1.93. The highest BCUT2D eigenvalue weighted by Gasteiger charge is 2.19. The lowest BCUT2D eigenvalue weighted by molar-refractivity contribution is -0.116. The summed E-state index contributed by atoms with van der Waals surface area (Å²) < 4.78 is 30.2. The van der Waals surface area contributed by atoms with E-state index < -0.39 is 10.0 Å². The molecule has 0 atom stereocenters. The molecule has 0 saturated heterocycles. The molecule has 0 unspecified atom stereocenters. The van der Waals surface area contributed by atoms with Crippen LogP contribution in [0.25, 0.3) is 0 Å². The van der Waals surface area contributed by atoms with Crippen LogP contribution in [0.2, 0.25) is 0 Å². The van der Waals surface area contributed by atoms with Crippen LogP contribution < -0.4 is 5.32 Å². The van der Waals surface area contributed by atoms with Crippen molar-refractivity contribution in [1.29, 1.82) is 0 Å². The van der Waals surface area contributed by atoms with Gasteiger partial charge in [-0.3, -0.25) is 4.79 Å². The van der Waals surface area contributed by atoms with Crippen LogP contribution in [-0.2, 0) is 26.8 Å². The number of anilines is 1. The molecule has 0 fully saturated rings. The molecule has 0 aliphatic rings. The molecule has 1 amide bonds. The molecule has 1 N–H and O–H groups in total. The van der Waals surface area contributed by atoms with Gasteiger partial charge in [0.05, 0.1) is 19.1 Å². The van der Waals surface area contributed by atoms with Crippen LogP contribution in [0.3, 0.4) is 0 Å². The molecule has 0 saturated carbocycles. The first kappa shape index (κ1) is 20.2. The highest BCUT2D eigenvalue weighted by atomic mass is 32.2. The zero-order valence-corrected chi connectivity index (χ0v) is 16.5. The van der Waals surface area contributed by atoms with E-state index in [1.165, 1.54) is 16.1 Å². The number of nitrogens with zero attached hydrogens (tertiary/aromatic N) is 1. The number of carbonyl (C=O) groups excluding carboxylic acids is 1. The molecule has 0 radical (unpaired) electrons. The molecule has 26 heavy (non-hydrogen) atoms. The van der Waals surface area contributed by atoms with Gasteiger partial charge in [0.2, 0.25) is 15.9 Å². The predicted octanol–water partition coefficient (Wildman–Crippen LogP) is 3.37. The van der Waals surface area contributed by atoms with E-state index in [2.05, 4.69) is 26.1 Å². The molecule has 2 aromatic rings. The predicted molar refractivity (Wildman–Crippen MR) is 102 cm³/mol. The summed E-state index contributed by atoms with van der Waals surface area (Å²) in [7, 11) is -3.44. The summed E-state index contributed by atoms with van der Waals surface area (Å²) in [6.07, 6.45) is 2.68. The minimum atomic E-state index is -3.44. The van der Waals surface area contributed by atoms with E-state index in [0.717, 1.165) is 6.26 Å². The zero-order valence-electron chi connectivity index (χ0n) is 15.7. The maximum absolute atomic E-state index is 12.2. The average molecular weight is 378 g/mol. The van der Waals surface area contributed by atoms with Crippen molar-refractivity contribution in [3.8, 4) is 0 Å². The molecular weight excluding hydrogens is 352 g/mol.